The Labute approximate surface area is 154 Å². The average molecular weight is 364 g/mol. The molecule has 26 heavy (non-hydrogen) atoms. The molecule has 2 aliphatic heterocycles. The van der Waals surface area contributed by atoms with Gasteiger partial charge in [-0.25, -0.2) is 0 Å². The molecule has 7 heteroatoms. The lowest BCUT2D eigenvalue weighted by molar-refractivity contribution is -0.265. The van der Waals surface area contributed by atoms with E-state index in [0.717, 1.165) is 30.8 Å². The minimum atomic E-state index is -0.778. The molecule has 1 aromatic rings. The third kappa shape index (κ3) is 4.54. The van der Waals surface area contributed by atoms with Gasteiger partial charge in [0.05, 0.1) is 33.4 Å². The molecule has 0 aromatic heterocycles. The number of rotatable bonds is 5. The SMILES string of the molecule is COCC(=O)N1CCOC2(CN(Cc3ccccc3OC)CCCO2)C1. The first-order chi connectivity index (χ1) is 12.7. The molecule has 0 aliphatic carbocycles. The van der Waals surface area contributed by atoms with Gasteiger partial charge in [-0.3, -0.25) is 9.69 Å². The smallest absolute Gasteiger partial charge is 0.248 e. The first-order valence-electron chi connectivity index (χ1n) is 9.05. The first-order valence-corrected chi connectivity index (χ1v) is 9.05. The second kappa shape index (κ2) is 8.81. The predicted octanol–water partition coefficient (Wildman–Crippen LogP) is 1.12. The van der Waals surface area contributed by atoms with E-state index in [4.69, 9.17) is 18.9 Å². The maximum Gasteiger partial charge on any atom is 0.248 e. The maximum atomic E-state index is 12.2. The molecule has 1 unspecified atom stereocenters. The molecule has 3 rings (SSSR count). The summed E-state index contributed by atoms with van der Waals surface area (Å²) >= 11 is 0. The van der Waals surface area contributed by atoms with Crippen LogP contribution in [0.15, 0.2) is 24.3 Å². The predicted molar refractivity (Wildman–Crippen MR) is 96.0 cm³/mol. The highest BCUT2D eigenvalue weighted by Crippen LogP contribution is 2.27. The molecule has 7 nitrogen and oxygen atoms in total. The van der Waals surface area contributed by atoms with Crippen LogP contribution in [0, 0.1) is 0 Å². The van der Waals surface area contributed by atoms with E-state index >= 15 is 0 Å². The molecule has 2 heterocycles. The Morgan fingerprint density at radius 1 is 1.15 bits per heavy atom. The summed E-state index contributed by atoms with van der Waals surface area (Å²) in [5.74, 6) is 0.0765. The summed E-state index contributed by atoms with van der Waals surface area (Å²) in [6.45, 7) is 4.45. The van der Waals surface area contributed by atoms with Gasteiger partial charge in [-0.15, -0.1) is 0 Å². The zero-order chi connectivity index (χ0) is 18.4. The van der Waals surface area contributed by atoms with Gasteiger partial charge in [-0.2, -0.15) is 0 Å². The van der Waals surface area contributed by atoms with Crippen molar-refractivity contribution in [2.45, 2.75) is 18.8 Å². The van der Waals surface area contributed by atoms with E-state index in [2.05, 4.69) is 11.0 Å². The van der Waals surface area contributed by atoms with Crippen LogP contribution in [0.4, 0.5) is 0 Å². The zero-order valence-electron chi connectivity index (χ0n) is 15.6. The first kappa shape index (κ1) is 19.1. The molecule has 0 bridgehead atoms. The molecule has 0 N–H and O–H groups in total. The Balaban J connectivity index is 1.71. The minimum absolute atomic E-state index is 0.0284. The van der Waals surface area contributed by atoms with Gasteiger partial charge in [0.25, 0.3) is 0 Å². The molecular formula is C19H28N2O5. The van der Waals surface area contributed by atoms with Crippen LogP contribution in [-0.4, -0.2) is 81.7 Å². The molecule has 144 valence electrons. The summed E-state index contributed by atoms with van der Waals surface area (Å²) in [4.78, 5) is 16.3. The van der Waals surface area contributed by atoms with Crippen molar-refractivity contribution >= 4 is 5.91 Å². The van der Waals surface area contributed by atoms with Crippen molar-refractivity contribution in [1.82, 2.24) is 9.80 Å². The number of ether oxygens (including phenoxy) is 4. The van der Waals surface area contributed by atoms with Gasteiger partial charge in [-0.05, 0) is 12.5 Å². The summed E-state index contributed by atoms with van der Waals surface area (Å²) in [5.41, 5.74) is 1.13. The van der Waals surface area contributed by atoms with Crippen LogP contribution in [0.25, 0.3) is 0 Å². The molecule has 1 atom stereocenters. The van der Waals surface area contributed by atoms with E-state index in [1.807, 2.05) is 18.2 Å². The summed E-state index contributed by atoms with van der Waals surface area (Å²) in [6, 6.07) is 8.04. The van der Waals surface area contributed by atoms with Crippen LogP contribution in [0.2, 0.25) is 0 Å². The van der Waals surface area contributed by atoms with Crippen molar-refractivity contribution in [2.24, 2.45) is 0 Å². The highest BCUT2D eigenvalue weighted by molar-refractivity contribution is 5.77. The normalized spacial score (nSPS) is 24.5. The van der Waals surface area contributed by atoms with E-state index in [1.54, 1.807) is 12.0 Å². The Morgan fingerprint density at radius 3 is 2.77 bits per heavy atom. The van der Waals surface area contributed by atoms with Gasteiger partial charge in [0.2, 0.25) is 5.91 Å². The number of hydrogen-bond acceptors (Lipinski definition) is 6. The van der Waals surface area contributed by atoms with E-state index < -0.39 is 5.79 Å². The van der Waals surface area contributed by atoms with E-state index in [1.165, 1.54) is 7.11 Å². The molecular weight excluding hydrogens is 336 g/mol. The van der Waals surface area contributed by atoms with Crippen LogP contribution < -0.4 is 4.74 Å². The van der Waals surface area contributed by atoms with Crippen molar-refractivity contribution in [3.63, 3.8) is 0 Å². The third-order valence-electron chi connectivity index (χ3n) is 4.81. The number of carbonyl (C=O) groups is 1. The Hall–Kier alpha value is -1.67. The molecule has 2 saturated heterocycles. The summed E-state index contributed by atoms with van der Waals surface area (Å²) < 4.78 is 22.6. The Kier molecular flexibility index (Phi) is 6.48. The van der Waals surface area contributed by atoms with Crippen LogP contribution >= 0.6 is 0 Å². The van der Waals surface area contributed by atoms with Gasteiger partial charge in [0, 0.05) is 32.3 Å². The van der Waals surface area contributed by atoms with Gasteiger partial charge < -0.3 is 23.8 Å². The highest BCUT2D eigenvalue weighted by atomic mass is 16.7. The van der Waals surface area contributed by atoms with E-state index in [9.17, 15) is 4.79 Å². The van der Waals surface area contributed by atoms with Crippen LogP contribution in [0.3, 0.4) is 0 Å². The second-order valence-electron chi connectivity index (χ2n) is 6.73. The fraction of sp³-hybridized carbons (Fsp3) is 0.632. The van der Waals surface area contributed by atoms with Crippen molar-refractivity contribution in [1.29, 1.82) is 0 Å². The number of methoxy groups -OCH3 is 2. The average Bonchev–Trinajstić information content (AvgIpc) is 2.84. The summed E-state index contributed by atoms with van der Waals surface area (Å²) in [5, 5.41) is 0. The lowest BCUT2D eigenvalue weighted by Gasteiger charge is -2.43. The van der Waals surface area contributed by atoms with Crippen molar-refractivity contribution in [2.75, 3.05) is 60.2 Å². The monoisotopic (exact) mass is 364 g/mol. The lowest BCUT2D eigenvalue weighted by atomic mass is 10.1. The topological polar surface area (TPSA) is 60.5 Å². The van der Waals surface area contributed by atoms with E-state index in [-0.39, 0.29) is 12.5 Å². The zero-order valence-corrected chi connectivity index (χ0v) is 15.6. The fourth-order valence-corrected chi connectivity index (χ4v) is 3.59. The number of nitrogens with zero attached hydrogens (tertiary/aromatic N) is 2. The van der Waals surface area contributed by atoms with Gasteiger partial charge >= 0.3 is 0 Å². The van der Waals surface area contributed by atoms with Crippen molar-refractivity contribution < 1.29 is 23.7 Å². The van der Waals surface area contributed by atoms with Crippen LogP contribution in [0.1, 0.15) is 12.0 Å². The quantitative estimate of drug-likeness (QED) is 0.780. The van der Waals surface area contributed by atoms with Crippen molar-refractivity contribution in [3.8, 4) is 5.75 Å². The molecule has 0 radical (unpaired) electrons. The molecule has 1 spiro atoms. The largest absolute Gasteiger partial charge is 0.496 e. The molecule has 2 aliphatic rings. The van der Waals surface area contributed by atoms with E-state index in [0.29, 0.717) is 32.8 Å². The van der Waals surface area contributed by atoms with Crippen LogP contribution in [0.5, 0.6) is 5.75 Å². The summed E-state index contributed by atoms with van der Waals surface area (Å²) in [7, 11) is 3.22. The van der Waals surface area contributed by atoms with Gasteiger partial charge in [0.15, 0.2) is 5.79 Å². The van der Waals surface area contributed by atoms with Crippen LogP contribution in [-0.2, 0) is 25.5 Å². The van der Waals surface area contributed by atoms with Gasteiger partial charge in [0.1, 0.15) is 12.4 Å². The fourth-order valence-electron chi connectivity index (χ4n) is 3.59. The summed E-state index contributed by atoms with van der Waals surface area (Å²) in [6.07, 6.45) is 0.923. The van der Waals surface area contributed by atoms with Gasteiger partial charge in [-0.1, -0.05) is 18.2 Å². The number of para-hydroxylation sites is 1. The minimum Gasteiger partial charge on any atom is -0.496 e. The standard InChI is InChI=1S/C19H28N2O5/c1-23-13-18(22)21-9-11-26-19(15-21)14-20(8-5-10-25-19)12-16-6-3-4-7-17(16)24-2/h3-4,6-7H,5,8-15H2,1-2H3. The Morgan fingerprint density at radius 2 is 1.96 bits per heavy atom. The number of hydrogen-bond donors (Lipinski definition) is 0. The number of benzene rings is 1. The molecule has 1 amide bonds. The maximum absolute atomic E-state index is 12.2. The van der Waals surface area contributed by atoms with Crippen molar-refractivity contribution in [3.05, 3.63) is 29.8 Å². The molecule has 2 fully saturated rings. The lowest BCUT2D eigenvalue weighted by Crippen LogP contribution is -2.59. The number of carbonyl (C=O) groups excluding carboxylic acids is 1. The second-order valence-corrected chi connectivity index (χ2v) is 6.73. The Bertz CT molecular complexity index is 611. The third-order valence-corrected chi connectivity index (χ3v) is 4.81. The molecule has 0 saturated carbocycles. The highest BCUT2D eigenvalue weighted by Gasteiger charge is 2.42. The molecule has 1 aromatic carbocycles. The number of amides is 1. The number of morpholine rings is 1.